The van der Waals surface area contributed by atoms with Crippen LogP contribution < -0.4 is 10.1 Å². The molecular formula is C15H15NO3. The highest BCUT2D eigenvalue weighted by Gasteiger charge is 2.16. The quantitative estimate of drug-likeness (QED) is 0.888. The molecule has 0 heterocycles. The second-order valence-corrected chi connectivity index (χ2v) is 4.17. The van der Waals surface area contributed by atoms with Crippen LogP contribution in [0.3, 0.4) is 0 Å². The Kier molecular flexibility index (Phi) is 3.71. The molecule has 2 aromatic rings. The summed E-state index contributed by atoms with van der Waals surface area (Å²) >= 11 is 0. The summed E-state index contributed by atoms with van der Waals surface area (Å²) in [7, 11) is 1.46. The van der Waals surface area contributed by atoms with Gasteiger partial charge >= 0.3 is 0 Å². The fourth-order valence-corrected chi connectivity index (χ4v) is 1.75. The van der Waals surface area contributed by atoms with Gasteiger partial charge in [-0.1, -0.05) is 23.8 Å². The Morgan fingerprint density at radius 1 is 1.16 bits per heavy atom. The van der Waals surface area contributed by atoms with Crippen molar-refractivity contribution in [2.24, 2.45) is 0 Å². The average molecular weight is 257 g/mol. The number of ether oxygens (including phenoxy) is 1. The highest BCUT2D eigenvalue weighted by molar-refractivity contribution is 6.08. The number of aryl methyl sites for hydroxylation is 1. The molecule has 0 aromatic heterocycles. The smallest absolute Gasteiger partial charge is 0.263 e. The first kappa shape index (κ1) is 13.0. The largest absolute Gasteiger partial charge is 0.507 e. The maximum Gasteiger partial charge on any atom is 0.263 e. The molecule has 19 heavy (non-hydrogen) atoms. The van der Waals surface area contributed by atoms with Gasteiger partial charge in [0.15, 0.2) is 0 Å². The number of hydrogen-bond donors (Lipinski definition) is 2. The van der Waals surface area contributed by atoms with E-state index in [1.807, 2.05) is 19.1 Å². The predicted octanol–water partition coefficient (Wildman–Crippen LogP) is 2.96. The van der Waals surface area contributed by atoms with E-state index in [1.165, 1.54) is 13.2 Å². The third-order valence-electron chi connectivity index (χ3n) is 2.76. The Morgan fingerprint density at radius 3 is 2.47 bits per heavy atom. The summed E-state index contributed by atoms with van der Waals surface area (Å²) in [5.41, 5.74) is 1.91. The molecule has 2 aromatic carbocycles. The van der Waals surface area contributed by atoms with E-state index >= 15 is 0 Å². The number of phenolic OH excluding ortho intramolecular Hbond substituents is 1. The van der Waals surface area contributed by atoms with E-state index < -0.39 is 5.91 Å². The van der Waals surface area contributed by atoms with Gasteiger partial charge in [0, 0.05) is 5.69 Å². The molecular weight excluding hydrogens is 242 g/mol. The second-order valence-electron chi connectivity index (χ2n) is 4.17. The van der Waals surface area contributed by atoms with Crippen LogP contribution in [-0.2, 0) is 0 Å². The van der Waals surface area contributed by atoms with Gasteiger partial charge in [-0.05, 0) is 31.2 Å². The van der Waals surface area contributed by atoms with Crippen molar-refractivity contribution in [3.8, 4) is 11.5 Å². The number of phenols is 1. The number of aromatic hydroxyl groups is 1. The van der Waals surface area contributed by atoms with Crippen molar-refractivity contribution in [1.82, 2.24) is 0 Å². The number of carbonyl (C=O) groups excluding carboxylic acids is 1. The molecule has 0 unspecified atom stereocenters. The van der Waals surface area contributed by atoms with Gasteiger partial charge < -0.3 is 15.2 Å². The Balaban J connectivity index is 2.27. The van der Waals surface area contributed by atoms with E-state index in [2.05, 4.69) is 5.32 Å². The molecule has 1 amide bonds. The van der Waals surface area contributed by atoms with Crippen LogP contribution in [0, 0.1) is 6.92 Å². The standard InChI is InChI=1S/C15H15NO3/c1-10-6-8-11(9-7-10)16-15(18)14-12(17)4-3-5-13(14)19-2/h3-9,17H,1-2H3,(H,16,18). The van der Waals surface area contributed by atoms with E-state index in [0.29, 0.717) is 11.4 Å². The Labute approximate surface area is 111 Å². The van der Waals surface area contributed by atoms with Gasteiger partial charge in [0.1, 0.15) is 17.1 Å². The Bertz CT molecular complexity index is 591. The van der Waals surface area contributed by atoms with Crippen molar-refractivity contribution >= 4 is 11.6 Å². The van der Waals surface area contributed by atoms with Crippen LogP contribution in [-0.4, -0.2) is 18.1 Å². The third-order valence-corrected chi connectivity index (χ3v) is 2.76. The van der Waals surface area contributed by atoms with Crippen molar-refractivity contribution in [3.63, 3.8) is 0 Å². The van der Waals surface area contributed by atoms with Crippen LogP contribution in [0.25, 0.3) is 0 Å². The van der Waals surface area contributed by atoms with Crippen LogP contribution in [0.2, 0.25) is 0 Å². The first-order chi connectivity index (χ1) is 9.11. The molecule has 98 valence electrons. The van der Waals surface area contributed by atoms with Gasteiger partial charge in [-0.15, -0.1) is 0 Å². The van der Waals surface area contributed by atoms with Gasteiger partial charge in [0.25, 0.3) is 5.91 Å². The summed E-state index contributed by atoms with van der Waals surface area (Å²) in [4.78, 5) is 12.1. The lowest BCUT2D eigenvalue weighted by molar-refractivity contribution is 0.102. The fourth-order valence-electron chi connectivity index (χ4n) is 1.75. The number of methoxy groups -OCH3 is 1. The number of carbonyl (C=O) groups is 1. The lowest BCUT2D eigenvalue weighted by Crippen LogP contribution is -2.13. The molecule has 0 spiro atoms. The third kappa shape index (κ3) is 2.85. The summed E-state index contributed by atoms with van der Waals surface area (Å²) in [6.07, 6.45) is 0. The highest BCUT2D eigenvalue weighted by Crippen LogP contribution is 2.28. The van der Waals surface area contributed by atoms with Gasteiger partial charge in [-0.3, -0.25) is 4.79 Å². The Morgan fingerprint density at radius 2 is 1.84 bits per heavy atom. The number of amides is 1. The van der Waals surface area contributed by atoms with Gasteiger partial charge in [-0.2, -0.15) is 0 Å². The zero-order chi connectivity index (χ0) is 13.8. The number of hydrogen-bond acceptors (Lipinski definition) is 3. The minimum absolute atomic E-state index is 0.107. The topological polar surface area (TPSA) is 58.6 Å². The molecule has 2 N–H and O–H groups in total. The van der Waals surface area contributed by atoms with Crippen LogP contribution in [0.4, 0.5) is 5.69 Å². The average Bonchev–Trinajstić information content (AvgIpc) is 2.40. The lowest BCUT2D eigenvalue weighted by atomic mass is 10.1. The maximum absolute atomic E-state index is 12.1. The van der Waals surface area contributed by atoms with Gasteiger partial charge in [-0.25, -0.2) is 0 Å². The molecule has 0 bridgehead atoms. The molecule has 4 heteroatoms. The van der Waals surface area contributed by atoms with Crippen LogP contribution >= 0.6 is 0 Å². The van der Waals surface area contributed by atoms with Crippen molar-refractivity contribution < 1.29 is 14.6 Å². The minimum Gasteiger partial charge on any atom is -0.507 e. The van der Waals surface area contributed by atoms with Gasteiger partial charge in [0.2, 0.25) is 0 Å². The summed E-state index contributed by atoms with van der Waals surface area (Å²) in [5, 5.41) is 12.5. The predicted molar refractivity (Wildman–Crippen MR) is 73.8 cm³/mol. The SMILES string of the molecule is COc1cccc(O)c1C(=O)Nc1ccc(C)cc1. The maximum atomic E-state index is 12.1. The molecule has 0 fully saturated rings. The molecule has 0 radical (unpaired) electrons. The number of nitrogens with one attached hydrogen (secondary N) is 1. The number of benzene rings is 2. The van der Waals surface area contributed by atoms with Gasteiger partial charge in [0.05, 0.1) is 7.11 Å². The fraction of sp³-hybridized carbons (Fsp3) is 0.133. The van der Waals surface area contributed by atoms with E-state index in [0.717, 1.165) is 5.56 Å². The van der Waals surface area contributed by atoms with Crippen molar-refractivity contribution in [2.45, 2.75) is 6.92 Å². The summed E-state index contributed by atoms with van der Waals surface area (Å²) in [6, 6.07) is 12.1. The Hall–Kier alpha value is -2.49. The van der Waals surface area contributed by atoms with Crippen molar-refractivity contribution in [3.05, 3.63) is 53.6 Å². The van der Waals surface area contributed by atoms with E-state index in [-0.39, 0.29) is 11.3 Å². The van der Waals surface area contributed by atoms with Crippen LogP contribution in [0.1, 0.15) is 15.9 Å². The lowest BCUT2D eigenvalue weighted by Gasteiger charge is -2.10. The molecule has 0 aliphatic rings. The summed E-state index contributed by atoms with van der Waals surface area (Å²) in [6.45, 7) is 1.97. The molecule has 0 aliphatic heterocycles. The molecule has 0 saturated heterocycles. The first-order valence-electron chi connectivity index (χ1n) is 5.86. The molecule has 4 nitrogen and oxygen atoms in total. The second kappa shape index (κ2) is 5.44. The molecule has 2 rings (SSSR count). The van der Waals surface area contributed by atoms with E-state index in [4.69, 9.17) is 4.74 Å². The molecule has 0 saturated carbocycles. The van der Waals surface area contributed by atoms with Crippen molar-refractivity contribution in [2.75, 3.05) is 12.4 Å². The summed E-state index contributed by atoms with van der Waals surface area (Å²) in [5.74, 6) is -0.174. The zero-order valence-corrected chi connectivity index (χ0v) is 10.8. The van der Waals surface area contributed by atoms with E-state index in [1.54, 1.807) is 24.3 Å². The normalized spacial score (nSPS) is 10.0. The molecule has 0 atom stereocenters. The zero-order valence-electron chi connectivity index (χ0n) is 10.8. The highest BCUT2D eigenvalue weighted by atomic mass is 16.5. The number of anilines is 1. The first-order valence-corrected chi connectivity index (χ1v) is 5.86. The number of rotatable bonds is 3. The van der Waals surface area contributed by atoms with Crippen molar-refractivity contribution in [1.29, 1.82) is 0 Å². The minimum atomic E-state index is -0.404. The summed E-state index contributed by atoms with van der Waals surface area (Å²) < 4.78 is 5.08. The molecule has 0 aliphatic carbocycles. The van der Waals surface area contributed by atoms with E-state index in [9.17, 15) is 9.90 Å². The monoisotopic (exact) mass is 257 g/mol. The van der Waals surface area contributed by atoms with Crippen LogP contribution in [0.15, 0.2) is 42.5 Å². The van der Waals surface area contributed by atoms with Crippen LogP contribution in [0.5, 0.6) is 11.5 Å².